The summed E-state index contributed by atoms with van der Waals surface area (Å²) >= 11 is 0. The summed E-state index contributed by atoms with van der Waals surface area (Å²) in [4.78, 5) is 4.16. The van der Waals surface area contributed by atoms with Gasteiger partial charge in [0.15, 0.2) is 0 Å². The zero-order valence-electron chi connectivity index (χ0n) is 14.1. The van der Waals surface area contributed by atoms with Crippen LogP contribution in [0.4, 0.5) is 5.69 Å². The van der Waals surface area contributed by atoms with Gasteiger partial charge in [0.25, 0.3) is 20.0 Å². The molecule has 0 unspecified atom stereocenters. The summed E-state index contributed by atoms with van der Waals surface area (Å²) in [5, 5.41) is 0. The Morgan fingerprint density at radius 3 is 2.23 bits per heavy atom. The van der Waals surface area contributed by atoms with E-state index in [9.17, 15) is 16.8 Å². The van der Waals surface area contributed by atoms with Crippen LogP contribution >= 0.6 is 0 Å². The quantitative estimate of drug-likeness (QED) is 0.813. The molecule has 3 rings (SSSR count). The summed E-state index contributed by atoms with van der Waals surface area (Å²) in [6, 6.07) is 12.1. The molecule has 0 aliphatic carbocycles. The fourth-order valence-electron chi connectivity index (χ4n) is 2.50. The lowest BCUT2D eigenvalue weighted by molar-refractivity contribution is 0.591. The number of benzene rings is 2. The summed E-state index contributed by atoms with van der Waals surface area (Å²) in [6.45, 7) is 2.47. The first kappa shape index (κ1) is 18.4. The van der Waals surface area contributed by atoms with Crippen LogP contribution in [0.1, 0.15) is 18.4 Å². The van der Waals surface area contributed by atoms with Gasteiger partial charge in [-0.3, -0.25) is 14.4 Å². The van der Waals surface area contributed by atoms with Crippen molar-refractivity contribution in [1.29, 1.82) is 0 Å². The highest BCUT2D eigenvalue weighted by molar-refractivity contribution is 7.92. The summed E-state index contributed by atoms with van der Waals surface area (Å²) in [5.41, 5.74) is 1.11. The molecule has 1 aliphatic rings. The molecule has 26 heavy (non-hydrogen) atoms. The van der Waals surface area contributed by atoms with Gasteiger partial charge in [-0.2, -0.15) is 0 Å². The zero-order chi connectivity index (χ0) is 18.8. The summed E-state index contributed by atoms with van der Waals surface area (Å²) in [6.07, 6.45) is 1.40. The first-order chi connectivity index (χ1) is 12.3. The van der Waals surface area contributed by atoms with Gasteiger partial charge in [-0.25, -0.2) is 16.8 Å². The maximum absolute atomic E-state index is 12.5. The number of aliphatic imine (C=N–C) groups is 1. The van der Waals surface area contributed by atoms with Gasteiger partial charge in [0.1, 0.15) is 5.84 Å². The SMILES string of the molecule is Cc1ccc(S(=O)(=O)Nc2cccc(S(=O)(=O)NC3=NCCC3)c2)cc1. The van der Waals surface area contributed by atoms with Gasteiger partial charge in [-0.1, -0.05) is 23.8 Å². The molecule has 0 bridgehead atoms. The molecule has 2 N–H and O–H groups in total. The van der Waals surface area contributed by atoms with Crippen molar-refractivity contribution in [2.45, 2.75) is 29.6 Å². The lowest BCUT2D eigenvalue weighted by atomic mass is 10.2. The number of hydrogen-bond acceptors (Lipinski definition) is 5. The van der Waals surface area contributed by atoms with Crippen LogP contribution in [0.15, 0.2) is 63.3 Å². The van der Waals surface area contributed by atoms with Crippen molar-refractivity contribution < 1.29 is 16.8 Å². The van der Waals surface area contributed by atoms with E-state index in [1.54, 1.807) is 12.1 Å². The van der Waals surface area contributed by atoms with Crippen LogP contribution in [0.2, 0.25) is 0 Å². The van der Waals surface area contributed by atoms with E-state index in [1.807, 2.05) is 6.92 Å². The second-order valence-electron chi connectivity index (χ2n) is 5.98. The molecule has 0 amide bonds. The Balaban J connectivity index is 1.84. The second-order valence-corrected chi connectivity index (χ2v) is 9.35. The predicted octanol–water partition coefficient (Wildman–Crippen LogP) is 2.27. The van der Waals surface area contributed by atoms with Crippen molar-refractivity contribution in [2.24, 2.45) is 4.99 Å². The fourth-order valence-corrected chi connectivity index (χ4v) is 4.68. The van der Waals surface area contributed by atoms with E-state index < -0.39 is 20.0 Å². The molecule has 0 spiro atoms. The number of nitrogens with one attached hydrogen (secondary N) is 2. The minimum Gasteiger partial charge on any atom is -0.280 e. The standard InChI is InChI=1S/C17H19N3O4S2/c1-13-7-9-15(10-8-13)25(21,22)19-14-4-2-5-16(12-14)26(23,24)20-17-6-3-11-18-17/h2,4-5,7-10,12,19H,3,6,11H2,1H3,(H,18,20). The lowest BCUT2D eigenvalue weighted by Gasteiger charge is -2.11. The number of amidine groups is 1. The van der Waals surface area contributed by atoms with Crippen LogP contribution in [0, 0.1) is 6.92 Å². The average Bonchev–Trinajstić information content (AvgIpc) is 3.07. The molecular formula is C17H19N3O4S2. The van der Waals surface area contributed by atoms with E-state index in [-0.39, 0.29) is 15.5 Å². The molecule has 0 atom stereocenters. The molecule has 2 aromatic rings. The van der Waals surface area contributed by atoms with Gasteiger partial charge >= 0.3 is 0 Å². The Kier molecular flexibility index (Phi) is 5.01. The number of hydrogen-bond donors (Lipinski definition) is 2. The van der Waals surface area contributed by atoms with Crippen molar-refractivity contribution in [3.8, 4) is 0 Å². The van der Waals surface area contributed by atoms with Crippen molar-refractivity contribution in [2.75, 3.05) is 11.3 Å². The summed E-state index contributed by atoms with van der Waals surface area (Å²) < 4.78 is 54.7. The number of nitrogens with zero attached hydrogens (tertiary/aromatic N) is 1. The first-order valence-corrected chi connectivity index (χ1v) is 11.0. The highest BCUT2D eigenvalue weighted by atomic mass is 32.2. The zero-order valence-corrected chi connectivity index (χ0v) is 15.8. The highest BCUT2D eigenvalue weighted by Gasteiger charge is 2.20. The Labute approximate surface area is 153 Å². The van der Waals surface area contributed by atoms with E-state index in [2.05, 4.69) is 14.4 Å². The van der Waals surface area contributed by atoms with Gasteiger partial charge in [0.2, 0.25) is 0 Å². The van der Waals surface area contributed by atoms with Crippen LogP contribution in [0.3, 0.4) is 0 Å². The van der Waals surface area contributed by atoms with Gasteiger partial charge < -0.3 is 0 Å². The minimum absolute atomic E-state index is 0.0313. The van der Waals surface area contributed by atoms with Crippen molar-refractivity contribution in [3.05, 3.63) is 54.1 Å². The normalized spacial score (nSPS) is 14.7. The third-order valence-corrected chi connectivity index (χ3v) is 6.63. The lowest BCUT2D eigenvalue weighted by Crippen LogP contribution is -2.29. The monoisotopic (exact) mass is 393 g/mol. The Bertz CT molecular complexity index is 1040. The van der Waals surface area contributed by atoms with Crippen molar-refractivity contribution >= 4 is 31.6 Å². The highest BCUT2D eigenvalue weighted by Crippen LogP contribution is 2.20. The maximum atomic E-state index is 12.5. The topological polar surface area (TPSA) is 105 Å². The Hall–Kier alpha value is -2.39. The summed E-state index contributed by atoms with van der Waals surface area (Å²) in [5.74, 6) is 0.427. The molecule has 1 heterocycles. The van der Waals surface area contributed by atoms with E-state index in [0.29, 0.717) is 18.8 Å². The molecule has 0 saturated heterocycles. The first-order valence-electron chi connectivity index (χ1n) is 8.02. The largest absolute Gasteiger partial charge is 0.280 e. The van der Waals surface area contributed by atoms with Crippen LogP contribution in [-0.4, -0.2) is 29.2 Å². The molecule has 0 fully saturated rings. The third-order valence-electron chi connectivity index (χ3n) is 3.85. The molecule has 2 aromatic carbocycles. The molecule has 7 nitrogen and oxygen atoms in total. The van der Waals surface area contributed by atoms with E-state index in [4.69, 9.17) is 0 Å². The van der Waals surface area contributed by atoms with Gasteiger partial charge in [-0.05, 0) is 43.7 Å². The van der Waals surface area contributed by atoms with Gasteiger partial charge in [0, 0.05) is 13.0 Å². The summed E-state index contributed by atoms with van der Waals surface area (Å²) in [7, 11) is -7.61. The average molecular weight is 393 g/mol. The molecule has 138 valence electrons. The maximum Gasteiger partial charge on any atom is 0.262 e. The number of aryl methyl sites for hydroxylation is 1. The van der Waals surface area contributed by atoms with E-state index in [1.165, 1.54) is 36.4 Å². The van der Waals surface area contributed by atoms with Crippen LogP contribution in [-0.2, 0) is 20.0 Å². The van der Waals surface area contributed by atoms with Gasteiger partial charge in [-0.15, -0.1) is 0 Å². The fraction of sp³-hybridized carbons (Fsp3) is 0.235. The number of sulfonamides is 2. The number of anilines is 1. The molecule has 0 radical (unpaired) electrons. The van der Waals surface area contributed by atoms with E-state index in [0.717, 1.165) is 12.0 Å². The Morgan fingerprint density at radius 1 is 0.885 bits per heavy atom. The molecule has 9 heteroatoms. The van der Waals surface area contributed by atoms with E-state index >= 15 is 0 Å². The number of rotatable bonds is 5. The van der Waals surface area contributed by atoms with Gasteiger partial charge in [0.05, 0.1) is 15.5 Å². The molecule has 0 aromatic heterocycles. The molecule has 0 saturated carbocycles. The van der Waals surface area contributed by atoms with Crippen LogP contribution in [0.25, 0.3) is 0 Å². The molecule has 1 aliphatic heterocycles. The van der Waals surface area contributed by atoms with Crippen molar-refractivity contribution in [1.82, 2.24) is 4.72 Å². The Morgan fingerprint density at radius 2 is 1.58 bits per heavy atom. The minimum atomic E-state index is -3.81. The predicted molar refractivity (Wildman–Crippen MR) is 100 cm³/mol. The van der Waals surface area contributed by atoms with Crippen LogP contribution < -0.4 is 9.44 Å². The van der Waals surface area contributed by atoms with Crippen molar-refractivity contribution in [3.63, 3.8) is 0 Å². The smallest absolute Gasteiger partial charge is 0.262 e. The van der Waals surface area contributed by atoms with Crippen LogP contribution in [0.5, 0.6) is 0 Å². The third kappa shape index (κ3) is 4.23. The second kappa shape index (κ2) is 7.08. The molecular weight excluding hydrogens is 374 g/mol.